The maximum atomic E-state index is 13.3. The molecule has 0 N–H and O–H groups in total. The van der Waals surface area contributed by atoms with Crippen molar-refractivity contribution in [3.8, 4) is 5.82 Å². The average Bonchev–Trinajstić information content (AvgIpc) is 3.02. The molecular weight excluding hydrogens is 387 g/mol. The third-order valence-electron chi connectivity index (χ3n) is 4.05. The van der Waals surface area contributed by atoms with E-state index in [9.17, 15) is 17.2 Å². The van der Waals surface area contributed by atoms with Crippen LogP contribution in [0.3, 0.4) is 0 Å². The molecule has 0 aromatic carbocycles. The van der Waals surface area contributed by atoms with Crippen LogP contribution in [0.2, 0.25) is 0 Å². The molecule has 0 bridgehead atoms. The van der Waals surface area contributed by atoms with Crippen LogP contribution in [-0.2, 0) is 22.2 Å². The van der Waals surface area contributed by atoms with Crippen LogP contribution in [0.25, 0.3) is 5.82 Å². The minimum atomic E-state index is -3.19. The van der Waals surface area contributed by atoms with Crippen molar-refractivity contribution in [2.45, 2.75) is 12.2 Å². The first-order valence-electron chi connectivity index (χ1n) is 7.73. The van der Waals surface area contributed by atoms with Crippen LogP contribution in [0.15, 0.2) is 18.3 Å². The summed E-state index contributed by atoms with van der Waals surface area (Å²) >= 11 is 0. The predicted molar refractivity (Wildman–Crippen MR) is 92.2 cm³/mol. The number of aromatic nitrogens is 5. The third-order valence-corrected chi connectivity index (χ3v) is 5.69. The molecule has 3 heterocycles. The van der Waals surface area contributed by atoms with Crippen LogP contribution in [0.4, 0.5) is 8.78 Å². The second kappa shape index (κ2) is 7.18. The number of hydrogen-bond acceptors (Lipinski definition) is 7. The molecule has 2 aromatic rings. The Balaban J connectivity index is 1.70. The van der Waals surface area contributed by atoms with Gasteiger partial charge in [-0.2, -0.15) is 17.8 Å². The van der Waals surface area contributed by atoms with Crippen molar-refractivity contribution in [3.05, 3.63) is 29.7 Å². The summed E-state index contributed by atoms with van der Waals surface area (Å²) in [7, 11) is -1.73. The summed E-state index contributed by atoms with van der Waals surface area (Å²) in [5.41, 5.74) is -3.27. The number of sulfonamides is 1. The largest absolute Gasteiger partial charge is 0.293 e. The zero-order valence-electron chi connectivity index (χ0n) is 14.0. The average molecular weight is 405 g/mol. The molecule has 142 valence electrons. The van der Waals surface area contributed by atoms with Crippen LogP contribution in [-0.4, -0.2) is 75.2 Å². The number of alkyl halides is 2. The van der Waals surface area contributed by atoms with Gasteiger partial charge in [0.2, 0.25) is 10.0 Å². The fourth-order valence-electron chi connectivity index (χ4n) is 2.61. The molecule has 26 heavy (non-hydrogen) atoms. The summed E-state index contributed by atoms with van der Waals surface area (Å²) in [5.74, 6) is 0.827. The summed E-state index contributed by atoms with van der Waals surface area (Å²) in [5, 5.41) is 11.5. The lowest BCUT2D eigenvalue weighted by Crippen LogP contribution is -2.48. The Hall–Kier alpha value is -1.62. The van der Waals surface area contributed by atoms with E-state index in [1.807, 2.05) is 4.90 Å². The Bertz CT molecular complexity index is 861. The molecule has 1 atom stereocenters. The lowest BCUT2D eigenvalue weighted by atomic mass is 10.3. The maximum Gasteiger partial charge on any atom is 0.285 e. The van der Waals surface area contributed by atoms with Crippen molar-refractivity contribution in [3.63, 3.8) is 0 Å². The molecule has 0 saturated carbocycles. The maximum absolute atomic E-state index is 13.3. The van der Waals surface area contributed by atoms with E-state index in [0.29, 0.717) is 44.4 Å². The van der Waals surface area contributed by atoms with Crippen LogP contribution >= 0.6 is 9.24 Å². The van der Waals surface area contributed by atoms with Crippen molar-refractivity contribution in [2.75, 3.05) is 32.4 Å². The zero-order chi connectivity index (χ0) is 18.9. The van der Waals surface area contributed by atoms with E-state index in [1.54, 1.807) is 0 Å². The standard InChI is InChI=1S/C13H18F2N7O2PS/c1-26(23,24)21-6-4-20(5-7-21)9-12-17-18-19-22(12)11-3-2-10(8-16-11)13(14,15)25/h2-3,8H,4-7,9,25H2,1H3. The Morgan fingerprint density at radius 2 is 1.92 bits per heavy atom. The molecule has 1 aliphatic heterocycles. The van der Waals surface area contributed by atoms with Gasteiger partial charge < -0.3 is 0 Å². The van der Waals surface area contributed by atoms with Gasteiger partial charge in [-0.3, -0.25) is 4.90 Å². The summed E-state index contributed by atoms with van der Waals surface area (Å²) in [6, 6.07) is 2.69. The lowest BCUT2D eigenvalue weighted by Gasteiger charge is -2.32. The van der Waals surface area contributed by atoms with Gasteiger partial charge in [-0.15, -0.1) is 5.10 Å². The van der Waals surface area contributed by atoms with Crippen molar-refractivity contribution in [1.29, 1.82) is 0 Å². The molecule has 0 amide bonds. The van der Waals surface area contributed by atoms with Gasteiger partial charge in [-0.1, -0.05) is 9.24 Å². The normalized spacial score (nSPS) is 17.5. The zero-order valence-corrected chi connectivity index (χ0v) is 15.9. The summed E-state index contributed by atoms with van der Waals surface area (Å²) in [6.45, 7) is 2.29. The van der Waals surface area contributed by atoms with Gasteiger partial charge in [0.15, 0.2) is 11.6 Å². The molecule has 1 fully saturated rings. The summed E-state index contributed by atoms with van der Waals surface area (Å²) in [4.78, 5) is 6.03. The van der Waals surface area contributed by atoms with E-state index in [-0.39, 0.29) is 5.56 Å². The lowest BCUT2D eigenvalue weighted by molar-refractivity contribution is 0.103. The van der Waals surface area contributed by atoms with Crippen molar-refractivity contribution >= 4 is 19.3 Å². The minimum Gasteiger partial charge on any atom is -0.293 e. The third kappa shape index (κ3) is 4.37. The van der Waals surface area contributed by atoms with E-state index in [1.165, 1.54) is 36.6 Å². The molecule has 2 aromatic heterocycles. The van der Waals surface area contributed by atoms with Gasteiger partial charge in [0.25, 0.3) is 5.66 Å². The fourth-order valence-corrected chi connectivity index (χ4v) is 3.61. The highest BCUT2D eigenvalue weighted by Crippen LogP contribution is 2.34. The van der Waals surface area contributed by atoms with Gasteiger partial charge in [-0.05, 0) is 22.6 Å². The van der Waals surface area contributed by atoms with Crippen LogP contribution in [0, 0.1) is 0 Å². The molecule has 1 aliphatic rings. The first kappa shape index (κ1) is 19.2. The predicted octanol–water partition coefficient (Wildman–Crippen LogP) is 0.0589. The number of pyridine rings is 1. The van der Waals surface area contributed by atoms with E-state index < -0.39 is 15.7 Å². The highest BCUT2D eigenvalue weighted by atomic mass is 32.2. The van der Waals surface area contributed by atoms with E-state index in [2.05, 4.69) is 20.5 Å². The quantitative estimate of drug-likeness (QED) is 0.649. The van der Waals surface area contributed by atoms with E-state index in [4.69, 9.17) is 0 Å². The Morgan fingerprint density at radius 1 is 1.23 bits per heavy atom. The van der Waals surface area contributed by atoms with E-state index >= 15 is 0 Å². The first-order valence-corrected chi connectivity index (χ1v) is 10.2. The van der Waals surface area contributed by atoms with Gasteiger partial charge >= 0.3 is 0 Å². The van der Waals surface area contributed by atoms with Gasteiger partial charge in [0, 0.05) is 37.9 Å². The molecular formula is C13H18F2N7O2PS. The molecule has 0 spiro atoms. The molecule has 9 nitrogen and oxygen atoms in total. The number of halogens is 2. The Morgan fingerprint density at radius 3 is 2.46 bits per heavy atom. The van der Waals surface area contributed by atoms with Gasteiger partial charge in [0.1, 0.15) is 0 Å². The number of piperazine rings is 1. The number of rotatable bonds is 5. The summed E-state index contributed by atoms with van der Waals surface area (Å²) in [6.07, 6.45) is 2.27. The van der Waals surface area contributed by atoms with Crippen molar-refractivity contribution < 1.29 is 17.2 Å². The van der Waals surface area contributed by atoms with Crippen LogP contribution in [0.1, 0.15) is 11.4 Å². The van der Waals surface area contributed by atoms with Gasteiger partial charge in [-0.25, -0.2) is 13.4 Å². The molecule has 3 rings (SSSR count). The highest BCUT2D eigenvalue weighted by molar-refractivity contribution is 7.88. The fraction of sp³-hybridized carbons (Fsp3) is 0.538. The molecule has 0 radical (unpaired) electrons. The second-order valence-electron chi connectivity index (χ2n) is 5.97. The van der Waals surface area contributed by atoms with E-state index in [0.717, 1.165) is 6.20 Å². The second-order valence-corrected chi connectivity index (χ2v) is 8.68. The number of nitrogens with zero attached hydrogens (tertiary/aromatic N) is 7. The molecule has 13 heteroatoms. The number of hydrogen-bond donors (Lipinski definition) is 0. The Kier molecular flexibility index (Phi) is 5.29. The smallest absolute Gasteiger partial charge is 0.285 e. The van der Waals surface area contributed by atoms with Gasteiger partial charge in [0.05, 0.1) is 12.8 Å². The minimum absolute atomic E-state index is 0.224. The number of tetrazole rings is 1. The molecule has 1 unspecified atom stereocenters. The molecule has 1 saturated heterocycles. The first-order chi connectivity index (χ1) is 12.1. The van der Waals surface area contributed by atoms with Crippen LogP contribution in [0.5, 0.6) is 0 Å². The SMILES string of the molecule is CS(=O)(=O)N1CCN(Cc2nnnn2-c2ccc(C(F)(F)P)cn2)CC1. The Labute approximate surface area is 151 Å². The molecule has 0 aliphatic carbocycles. The van der Waals surface area contributed by atoms with Crippen LogP contribution < -0.4 is 0 Å². The topological polar surface area (TPSA) is 97.1 Å². The monoisotopic (exact) mass is 405 g/mol. The highest BCUT2D eigenvalue weighted by Gasteiger charge is 2.26. The van der Waals surface area contributed by atoms with Crippen molar-refractivity contribution in [1.82, 2.24) is 34.4 Å². The summed E-state index contributed by atoms with van der Waals surface area (Å²) < 4.78 is 52.4. The van der Waals surface area contributed by atoms with Crippen molar-refractivity contribution in [2.24, 2.45) is 0 Å².